The van der Waals surface area contributed by atoms with Crippen LogP contribution in [0.15, 0.2) is 152 Å². The van der Waals surface area contributed by atoms with Gasteiger partial charge in [-0.2, -0.15) is 0 Å². The van der Waals surface area contributed by atoms with Gasteiger partial charge in [-0.05, 0) is 54.6 Å². The molecule has 4 heterocycles. The molecule has 0 N–H and O–H groups in total. The van der Waals surface area contributed by atoms with Gasteiger partial charge in [-0.1, -0.05) is 91.0 Å². The molecule has 0 aliphatic carbocycles. The van der Waals surface area contributed by atoms with Gasteiger partial charge in [0.05, 0.1) is 39.6 Å². The Morgan fingerprint density at radius 1 is 0.422 bits per heavy atom. The number of hydrogen-bond acceptors (Lipinski definition) is 2. The monoisotopic (exact) mass is 591 g/mol. The van der Waals surface area contributed by atoms with E-state index in [2.05, 4.69) is 155 Å². The molecule has 0 aliphatic rings. The Morgan fingerprint density at radius 2 is 0.978 bits per heavy atom. The Kier molecular flexibility index (Phi) is 5.16. The van der Waals surface area contributed by atoms with Crippen LogP contribution in [-0.2, 0) is 0 Å². The van der Waals surface area contributed by atoms with Crippen LogP contribution in [0.4, 0.5) is 0 Å². The molecule has 0 spiro atoms. The standard InChI is InChI=1S/C41H25N3S/c1-5-16-36-28(10-1)29-11-2-6-17-37(29)43(36)26-21-23-39-34(24-26)30-12-3-7-18-38(30)44(39)27-20-22-35(42-25-27)33-15-9-14-32-31-13-4-8-19-40(31)45-41(32)33/h1-25H. The third kappa shape index (κ3) is 3.54. The average Bonchev–Trinajstić information content (AvgIpc) is 3.76. The van der Waals surface area contributed by atoms with Gasteiger partial charge in [0.25, 0.3) is 0 Å². The van der Waals surface area contributed by atoms with Gasteiger partial charge in [-0.15, -0.1) is 11.3 Å². The minimum absolute atomic E-state index is 0.991. The first-order valence-electron chi connectivity index (χ1n) is 15.2. The fraction of sp³-hybridized carbons (Fsp3) is 0. The minimum Gasteiger partial charge on any atom is -0.309 e. The van der Waals surface area contributed by atoms with E-state index in [1.807, 2.05) is 17.5 Å². The van der Waals surface area contributed by atoms with Crippen molar-refractivity contribution in [2.75, 3.05) is 0 Å². The quantitative estimate of drug-likeness (QED) is 0.200. The highest BCUT2D eigenvalue weighted by atomic mass is 32.1. The van der Waals surface area contributed by atoms with Crippen molar-refractivity contribution >= 4 is 75.1 Å². The summed E-state index contributed by atoms with van der Waals surface area (Å²) in [6.07, 6.45) is 2.02. The summed E-state index contributed by atoms with van der Waals surface area (Å²) in [4.78, 5) is 5.05. The van der Waals surface area contributed by atoms with Gasteiger partial charge >= 0.3 is 0 Å². The summed E-state index contributed by atoms with van der Waals surface area (Å²) in [7, 11) is 0. The highest BCUT2D eigenvalue weighted by Crippen LogP contribution is 2.40. The molecule has 10 rings (SSSR count). The van der Waals surface area contributed by atoms with Gasteiger partial charge in [-0.25, -0.2) is 0 Å². The van der Waals surface area contributed by atoms with Crippen LogP contribution >= 0.6 is 11.3 Å². The van der Waals surface area contributed by atoms with Crippen molar-refractivity contribution < 1.29 is 0 Å². The maximum atomic E-state index is 5.05. The first-order valence-corrected chi connectivity index (χ1v) is 16.0. The third-order valence-corrected chi connectivity index (χ3v) is 10.4. The second kappa shape index (κ2) is 9.39. The van der Waals surface area contributed by atoms with Crippen LogP contribution in [-0.4, -0.2) is 14.1 Å². The van der Waals surface area contributed by atoms with E-state index in [0.29, 0.717) is 0 Å². The molecule has 0 aliphatic heterocycles. The van der Waals surface area contributed by atoms with E-state index in [-0.39, 0.29) is 0 Å². The zero-order valence-electron chi connectivity index (χ0n) is 24.2. The minimum atomic E-state index is 0.991. The normalized spacial score (nSPS) is 12.0. The van der Waals surface area contributed by atoms with E-state index in [0.717, 1.165) is 17.1 Å². The van der Waals surface area contributed by atoms with Crippen molar-refractivity contribution in [2.45, 2.75) is 0 Å². The molecular formula is C41H25N3S. The maximum Gasteiger partial charge on any atom is 0.0718 e. The predicted molar refractivity (Wildman–Crippen MR) is 191 cm³/mol. The van der Waals surface area contributed by atoms with Crippen LogP contribution in [0.5, 0.6) is 0 Å². The van der Waals surface area contributed by atoms with Crippen molar-refractivity contribution in [1.29, 1.82) is 0 Å². The van der Waals surface area contributed by atoms with Crippen LogP contribution in [0.25, 0.3) is 86.4 Å². The molecule has 0 amide bonds. The van der Waals surface area contributed by atoms with Gasteiger partial charge < -0.3 is 9.13 Å². The van der Waals surface area contributed by atoms with Crippen LogP contribution in [0.3, 0.4) is 0 Å². The second-order valence-corrected chi connectivity index (χ2v) is 12.7. The summed E-state index contributed by atoms with van der Waals surface area (Å²) in [6.45, 7) is 0. The van der Waals surface area contributed by atoms with Gasteiger partial charge in [0, 0.05) is 53.0 Å². The molecule has 10 aromatic rings. The number of aromatic nitrogens is 3. The van der Waals surface area contributed by atoms with Gasteiger partial charge in [0.15, 0.2) is 0 Å². The van der Waals surface area contributed by atoms with Crippen LogP contribution < -0.4 is 0 Å². The number of para-hydroxylation sites is 3. The van der Waals surface area contributed by atoms with E-state index in [1.165, 1.54) is 69.3 Å². The summed E-state index contributed by atoms with van der Waals surface area (Å²) >= 11 is 1.84. The van der Waals surface area contributed by atoms with Crippen LogP contribution in [0, 0.1) is 0 Å². The highest BCUT2D eigenvalue weighted by Gasteiger charge is 2.17. The SMILES string of the molecule is c1ccc2c(c1)sc1c(-c3ccc(-n4c5ccccc5c5cc(-n6c7ccccc7c7ccccc76)ccc54)cn3)cccc12. The number of thiophene rings is 1. The molecule has 210 valence electrons. The molecule has 45 heavy (non-hydrogen) atoms. The predicted octanol–water partition coefficient (Wildman–Crippen LogP) is 11.3. The summed E-state index contributed by atoms with van der Waals surface area (Å²) in [5.41, 5.74) is 9.16. The van der Waals surface area contributed by atoms with E-state index in [1.54, 1.807) is 0 Å². The van der Waals surface area contributed by atoms with Crippen molar-refractivity contribution in [3.63, 3.8) is 0 Å². The number of pyridine rings is 1. The fourth-order valence-corrected chi connectivity index (χ4v) is 8.43. The number of hydrogen-bond donors (Lipinski definition) is 0. The number of rotatable bonds is 3. The molecule has 4 aromatic heterocycles. The Labute approximate surface area is 262 Å². The summed E-state index contributed by atoms with van der Waals surface area (Å²) in [6, 6.07) is 52.5. The van der Waals surface area contributed by atoms with E-state index < -0.39 is 0 Å². The molecule has 0 saturated carbocycles. The highest BCUT2D eigenvalue weighted by molar-refractivity contribution is 7.26. The van der Waals surface area contributed by atoms with Gasteiger partial charge in [0.1, 0.15) is 0 Å². The Morgan fingerprint density at radius 3 is 1.67 bits per heavy atom. The molecule has 4 heteroatoms. The number of fused-ring (bicyclic) bond motifs is 9. The summed E-state index contributed by atoms with van der Waals surface area (Å²) in [5, 5.41) is 7.60. The van der Waals surface area contributed by atoms with E-state index >= 15 is 0 Å². The molecule has 0 bridgehead atoms. The van der Waals surface area contributed by atoms with E-state index in [9.17, 15) is 0 Å². The molecule has 6 aromatic carbocycles. The number of nitrogens with zero attached hydrogens (tertiary/aromatic N) is 3. The Hall–Kier alpha value is -5.71. The van der Waals surface area contributed by atoms with Crippen molar-refractivity contribution in [3.05, 3.63) is 152 Å². The molecule has 3 nitrogen and oxygen atoms in total. The third-order valence-electron chi connectivity index (χ3n) is 9.18. The smallest absolute Gasteiger partial charge is 0.0718 e. The molecular weight excluding hydrogens is 567 g/mol. The Balaban J connectivity index is 1.15. The average molecular weight is 592 g/mol. The largest absolute Gasteiger partial charge is 0.309 e. The van der Waals surface area contributed by atoms with Crippen molar-refractivity contribution in [3.8, 4) is 22.6 Å². The molecule has 0 saturated heterocycles. The lowest BCUT2D eigenvalue weighted by molar-refractivity contribution is 1.14. The van der Waals surface area contributed by atoms with Crippen molar-refractivity contribution in [2.24, 2.45) is 0 Å². The number of benzene rings is 6. The fourth-order valence-electron chi connectivity index (χ4n) is 7.21. The molecule has 0 unspecified atom stereocenters. The lowest BCUT2D eigenvalue weighted by atomic mass is 10.1. The first-order chi connectivity index (χ1) is 22.3. The van der Waals surface area contributed by atoms with Gasteiger partial charge in [-0.3, -0.25) is 4.98 Å². The Bertz CT molecular complexity index is 2710. The summed E-state index contributed by atoms with van der Waals surface area (Å²) < 4.78 is 7.33. The lowest BCUT2D eigenvalue weighted by Gasteiger charge is -2.11. The van der Waals surface area contributed by atoms with Crippen LogP contribution in [0.1, 0.15) is 0 Å². The molecule has 0 atom stereocenters. The summed E-state index contributed by atoms with van der Waals surface area (Å²) in [5.74, 6) is 0. The van der Waals surface area contributed by atoms with Crippen LogP contribution in [0.2, 0.25) is 0 Å². The first kappa shape index (κ1) is 24.7. The van der Waals surface area contributed by atoms with E-state index in [4.69, 9.17) is 4.98 Å². The molecule has 0 radical (unpaired) electrons. The topological polar surface area (TPSA) is 22.8 Å². The molecule has 0 fully saturated rings. The zero-order chi connectivity index (χ0) is 29.5. The zero-order valence-corrected chi connectivity index (χ0v) is 25.0. The second-order valence-electron chi connectivity index (χ2n) is 11.6. The maximum absolute atomic E-state index is 5.05. The van der Waals surface area contributed by atoms with Gasteiger partial charge in [0.2, 0.25) is 0 Å². The van der Waals surface area contributed by atoms with Crippen molar-refractivity contribution in [1.82, 2.24) is 14.1 Å². The lowest BCUT2D eigenvalue weighted by Crippen LogP contribution is -1.96.